The zero-order valence-corrected chi connectivity index (χ0v) is 23.7. The first kappa shape index (κ1) is 28.5. The second-order valence-electron chi connectivity index (χ2n) is 11.2. The molecular formula is C31H34F3NO4S. The highest BCUT2D eigenvalue weighted by Gasteiger charge is 2.41. The van der Waals surface area contributed by atoms with Crippen LogP contribution in [0.1, 0.15) is 61.4 Å². The van der Waals surface area contributed by atoms with Crippen molar-refractivity contribution in [3.63, 3.8) is 0 Å². The third-order valence-corrected chi connectivity index (χ3v) is 9.24. The first-order valence-electron chi connectivity index (χ1n) is 13.6. The number of nitrogens with zero attached hydrogens (tertiary/aromatic N) is 1. The van der Waals surface area contributed by atoms with Gasteiger partial charge >= 0.3 is 12.3 Å². The number of aryl methyl sites for hydroxylation is 2. The van der Waals surface area contributed by atoms with E-state index in [9.17, 15) is 23.1 Å². The maximum absolute atomic E-state index is 13.3. The zero-order chi connectivity index (χ0) is 28.7. The van der Waals surface area contributed by atoms with Gasteiger partial charge in [-0.2, -0.15) is 11.3 Å². The van der Waals surface area contributed by atoms with Crippen LogP contribution in [0.5, 0.6) is 11.5 Å². The monoisotopic (exact) mass is 573 g/mol. The summed E-state index contributed by atoms with van der Waals surface area (Å²) in [5, 5.41) is 13.3. The van der Waals surface area contributed by atoms with E-state index in [1.165, 1.54) is 6.07 Å². The van der Waals surface area contributed by atoms with Gasteiger partial charge in [0.25, 0.3) is 0 Å². The largest absolute Gasteiger partial charge is 0.573 e. The van der Waals surface area contributed by atoms with Crippen molar-refractivity contribution < 1.29 is 32.5 Å². The van der Waals surface area contributed by atoms with Crippen LogP contribution in [0.25, 0.3) is 11.1 Å². The summed E-state index contributed by atoms with van der Waals surface area (Å²) in [6.45, 7) is 6.99. The number of carbonyl (C=O) groups is 1. The molecule has 214 valence electrons. The smallest absolute Gasteiger partial charge is 0.487 e. The highest BCUT2D eigenvalue weighted by atomic mass is 32.1. The molecular weight excluding hydrogens is 539 g/mol. The molecule has 0 amide bonds. The average molecular weight is 574 g/mol. The number of alkyl halides is 3. The standard InChI is InChI=1S/C31H34F3NO4S/c1-19(29(36)37)14-22-4-5-23-8-9-30(38-28(23)15-22)10-12-35(13-11-30)21(3)25-16-24(26-18-40-17-20(26)2)6-7-27(25)39-31(32,33)34/h4-7,15-19,21H,8-14H2,1-3H3,(H,36,37). The van der Waals surface area contributed by atoms with Crippen LogP contribution in [0.2, 0.25) is 0 Å². The summed E-state index contributed by atoms with van der Waals surface area (Å²) < 4.78 is 50.9. The molecule has 3 aromatic rings. The van der Waals surface area contributed by atoms with Gasteiger partial charge in [-0.1, -0.05) is 25.1 Å². The molecule has 1 N–H and O–H groups in total. The van der Waals surface area contributed by atoms with E-state index in [0.29, 0.717) is 25.1 Å². The summed E-state index contributed by atoms with van der Waals surface area (Å²) in [6.07, 6.45) is -1.06. The minimum absolute atomic E-state index is 0.164. The summed E-state index contributed by atoms with van der Waals surface area (Å²) in [7, 11) is 0. The van der Waals surface area contributed by atoms with E-state index in [0.717, 1.165) is 59.3 Å². The van der Waals surface area contributed by atoms with Crippen LogP contribution in [0.15, 0.2) is 47.2 Å². The second-order valence-corrected chi connectivity index (χ2v) is 11.9. The number of carboxylic acid groups (broad SMARTS) is 1. The quantitative estimate of drug-likeness (QED) is 0.313. The molecule has 0 aliphatic carbocycles. The lowest BCUT2D eigenvalue weighted by Crippen LogP contribution is -2.50. The highest BCUT2D eigenvalue weighted by Crippen LogP contribution is 2.43. The van der Waals surface area contributed by atoms with Gasteiger partial charge in [0, 0.05) is 24.7 Å². The van der Waals surface area contributed by atoms with Crippen molar-refractivity contribution in [1.82, 2.24) is 4.90 Å². The number of hydrogen-bond donors (Lipinski definition) is 1. The molecule has 1 fully saturated rings. The number of benzene rings is 2. The van der Waals surface area contributed by atoms with Crippen LogP contribution in [0.4, 0.5) is 13.2 Å². The van der Waals surface area contributed by atoms with Crippen molar-refractivity contribution in [2.24, 2.45) is 5.92 Å². The molecule has 0 saturated carbocycles. The fraction of sp³-hybridized carbons (Fsp3) is 0.452. The molecule has 9 heteroatoms. The molecule has 5 nitrogen and oxygen atoms in total. The van der Waals surface area contributed by atoms with Crippen molar-refractivity contribution in [2.75, 3.05) is 13.1 Å². The Balaban J connectivity index is 1.33. The second kappa shape index (κ2) is 11.1. The number of aliphatic carboxylic acids is 1. The molecule has 2 aliphatic heterocycles. The van der Waals surface area contributed by atoms with Crippen molar-refractivity contribution in [1.29, 1.82) is 0 Å². The number of hydrogen-bond acceptors (Lipinski definition) is 5. The van der Waals surface area contributed by atoms with Gasteiger partial charge < -0.3 is 14.6 Å². The third-order valence-electron chi connectivity index (χ3n) is 8.38. The van der Waals surface area contributed by atoms with Crippen LogP contribution in [-0.2, 0) is 17.6 Å². The Hall–Kier alpha value is -3.04. The minimum atomic E-state index is -4.77. The summed E-state index contributed by atoms with van der Waals surface area (Å²) in [5.74, 6) is -0.643. The molecule has 2 aromatic carbocycles. The summed E-state index contributed by atoms with van der Waals surface area (Å²) in [5.41, 5.74) is 5.23. The Bertz CT molecular complexity index is 1380. The predicted octanol–water partition coefficient (Wildman–Crippen LogP) is 7.81. The van der Waals surface area contributed by atoms with Crippen LogP contribution < -0.4 is 9.47 Å². The van der Waals surface area contributed by atoms with Crippen LogP contribution in [0.3, 0.4) is 0 Å². The van der Waals surface area contributed by atoms with E-state index in [1.54, 1.807) is 24.3 Å². The van der Waals surface area contributed by atoms with Gasteiger partial charge in [0.05, 0.1) is 5.92 Å². The lowest BCUT2D eigenvalue weighted by molar-refractivity contribution is -0.275. The van der Waals surface area contributed by atoms with E-state index >= 15 is 0 Å². The van der Waals surface area contributed by atoms with E-state index in [1.807, 2.05) is 48.9 Å². The van der Waals surface area contributed by atoms with Crippen LogP contribution in [0, 0.1) is 12.8 Å². The number of rotatable bonds is 7. The topological polar surface area (TPSA) is 59.0 Å². The summed E-state index contributed by atoms with van der Waals surface area (Å²) >= 11 is 1.57. The molecule has 1 spiro atoms. The zero-order valence-electron chi connectivity index (χ0n) is 22.9. The summed E-state index contributed by atoms with van der Waals surface area (Å²) in [6, 6.07) is 10.7. The molecule has 5 rings (SSSR count). The number of ether oxygens (including phenoxy) is 2. The molecule has 2 aliphatic rings. The summed E-state index contributed by atoms with van der Waals surface area (Å²) in [4.78, 5) is 13.5. The maximum atomic E-state index is 13.3. The Kier molecular flexibility index (Phi) is 7.90. The number of fused-ring (bicyclic) bond motifs is 1. The lowest BCUT2D eigenvalue weighted by Gasteiger charge is -2.46. The third kappa shape index (κ3) is 6.15. The van der Waals surface area contributed by atoms with Gasteiger partial charge in [-0.15, -0.1) is 13.2 Å². The van der Waals surface area contributed by atoms with Gasteiger partial charge in [-0.25, -0.2) is 0 Å². The molecule has 2 unspecified atom stereocenters. The normalized spacial score (nSPS) is 18.6. The predicted molar refractivity (Wildman–Crippen MR) is 149 cm³/mol. The van der Waals surface area contributed by atoms with Crippen molar-refractivity contribution in [3.8, 4) is 22.6 Å². The van der Waals surface area contributed by atoms with Gasteiger partial charge in [-0.3, -0.25) is 9.69 Å². The van der Waals surface area contributed by atoms with Crippen molar-refractivity contribution in [2.45, 2.75) is 70.9 Å². The maximum Gasteiger partial charge on any atom is 0.573 e. The Labute approximate surface area is 236 Å². The van der Waals surface area contributed by atoms with E-state index in [2.05, 4.69) is 9.64 Å². The van der Waals surface area contributed by atoms with Gasteiger partial charge in [0.2, 0.25) is 0 Å². The Morgan fingerprint density at radius 1 is 1.12 bits per heavy atom. The number of thiophene rings is 1. The fourth-order valence-electron chi connectivity index (χ4n) is 5.90. The van der Waals surface area contributed by atoms with Crippen molar-refractivity contribution >= 4 is 17.3 Å². The highest BCUT2D eigenvalue weighted by molar-refractivity contribution is 7.08. The van der Waals surface area contributed by atoms with Crippen LogP contribution >= 0.6 is 11.3 Å². The van der Waals surface area contributed by atoms with Gasteiger partial charge in [0.15, 0.2) is 0 Å². The fourth-order valence-corrected chi connectivity index (χ4v) is 6.76. The average Bonchev–Trinajstić information content (AvgIpc) is 3.33. The molecule has 1 aromatic heterocycles. The van der Waals surface area contributed by atoms with E-state index in [4.69, 9.17) is 4.74 Å². The Morgan fingerprint density at radius 2 is 1.88 bits per heavy atom. The first-order valence-corrected chi connectivity index (χ1v) is 14.6. The number of likely N-dealkylation sites (tertiary alicyclic amines) is 1. The van der Waals surface area contributed by atoms with E-state index in [-0.39, 0.29) is 17.4 Å². The SMILES string of the molecule is Cc1cscc1-c1ccc(OC(F)(F)F)c(C(C)N2CCC3(CCc4ccc(CC(C)C(=O)O)cc4O3)CC2)c1. The molecule has 0 bridgehead atoms. The molecule has 2 atom stereocenters. The van der Waals surface area contributed by atoms with Gasteiger partial charge in [-0.05, 0) is 103 Å². The minimum Gasteiger partial charge on any atom is -0.487 e. The number of piperidine rings is 1. The van der Waals surface area contributed by atoms with E-state index < -0.39 is 18.2 Å². The Morgan fingerprint density at radius 3 is 2.52 bits per heavy atom. The molecule has 40 heavy (non-hydrogen) atoms. The number of carboxylic acids is 1. The first-order chi connectivity index (χ1) is 18.9. The van der Waals surface area contributed by atoms with Crippen molar-refractivity contribution in [3.05, 3.63) is 69.4 Å². The van der Waals surface area contributed by atoms with Gasteiger partial charge in [0.1, 0.15) is 17.1 Å². The molecule has 3 heterocycles. The number of halogens is 3. The lowest BCUT2D eigenvalue weighted by atomic mass is 9.82. The molecule has 1 saturated heterocycles. The van der Waals surface area contributed by atoms with Crippen LogP contribution in [-0.4, -0.2) is 41.0 Å². The molecule has 0 radical (unpaired) electrons.